The van der Waals surface area contributed by atoms with E-state index in [1.807, 2.05) is 0 Å². The fourth-order valence-corrected chi connectivity index (χ4v) is 9.73. The Morgan fingerprint density at radius 2 is 1.29 bits per heavy atom. The fraction of sp³-hybridized carbons (Fsp3) is 0.0667. The SMILES string of the molecule is C=C1C=C/C=C(/C2C=CC(N(c3cccc(-c4cc5ccccc5c5c4c4ccccc4n5-c4ccccc4)c3)c3ccc4c(ccc5ccccc54)c3)=CCC2)C/C=C\C=C/1. The molecule has 11 rings (SSSR count). The number of nitrogens with zero attached hydrogens (tertiary/aromatic N) is 2. The Labute approximate surface area is 363 Å². The van der Waals surface area contributed by atoms with Crippen molar-refractivity contribution >= 4 is 65.5 Å². The van der Waals surface area contributed by atoms with Gasteiger partial charge in [0.25, 0.3) is 0 Å². The highest BCUT2D eigenvalue weighted by atomic mass is 15.1. The van der Waals surface area contributed by atoms with Crippen LogP contribution in [0.15, 0.2) is 248 Å². The molecule has 0 radical (unpaired) electrons. The second kappa shape index (κ2) is 16.1. The summed E-state index contributed by atoms with van der Waals surface area (Å²) in [7, 11) is 0. The molecule has 1 atom stereocenters. The van der Waals surface area contributed by atoms with E-state index in [1.54, 1.807) is 0 Å². The zero-order chi connectivity index (χ0) is 41.4. The molecule has 2 nitrogen and oxygen atoms in total. The van der Waals surface area contributed by atoms with Gasteiger partial charge in [0.1, 0.15) is 0 Å². The van der Waals surface area contributed by atoms with Crippen LogP contribution >= 0.6 is 0 Å². The first-order valence-electron chi connectivity index (χ1n) is 21.8. The highest BCUT2D eigenvalue weighted by Crippen LogP contribution is 2.44. The monoisotopic (exact) mass is 794 g/mol. The summed E-state index contributed by atoms with van der Waals surface area (Å²) in [6.45, 7) is 4.18. The zero-order valence-electron chi connectivity index (χ0n) is 34.7. The summed E-state index contributed by atoms with van der Waals surface area (Å²) in [5.74, 6) is 0.318. The van der Waals surface area contributed by atoms with E-state index in [-0.39, 0.29) is 0 Å². The summed E-state index contributed by atoms with van der Waals surface area (Å²) < 4.78 is 2.45. The van der Waals surface area contributed by atoms with Crippen LogP contribution in [0.5, 0.6) is 0 Å². The van der Waals surface area contributed by atoms with Crippen molar-refractivity contribution in [2.75, 3.05) is 4.90 Å². The van der Waals surface area contributed by atoms with E-state index < -0.39 is 0 Å². The third-order valence-corrected chi connectivity index (χ3v) is 12.7. The largest absolute Gasteiger partial charge is 0.311 e. The summed E-state index contributed by atoms with van der Waals surface area (Å²) in [6.07, 6.45) is 25.2. The fourth-order valence-electron chi connectivity index (χ4n) is 9.73. The quantitative estimate of drug-likeness (QED) is 0.152. The van der Waals surface area contributed by atoms with E-state index in [4.69, 9.17) is 0 Å². The molecular formula is C60H46N2. The zero-order valence-corrected chi connectivity index (χ0v) is 34.7. The Hall–Kier alpha value is -7.68. The maximum absolute atomic E-state index is 4.18. The minimum Gasteiger partial charge on any atom is -0.311 e. The van der Waals surface area contributed by atoms with Crippen molar-refractivity contribution in [3.8, 4) is 16.8 Å². The lowest BCUT2D eigenvalue weighted by atomic mass is 9.91. The van der Waals surface area contributed by atoms with Gasteiger partial charge in [-0.15, -0.1) is 0 Å². The van der Waals surface area contributed by atoms with E-state index >= 15 is 0 Å². The van der Waals surface area contributed by atoms with Crippen molar-refractivity contribution in [2.45, 2.75) is 19.3 Å². The van der Waals surface area contributed by atoms with Gasteiger partial charge in [-0.2, -0.15) is 0 Å². The molecule has 1 aromatic heterocycles. The Kier molecular flexibility index (Phi) is 9.67. The van der Waals surface area contributed by atoms with Crippen LogP contribution in [-0.2, 0) is 0 Å². The number of allylic oxidation sites excluding steroid dienone is 12. The summed E-state index contributed by atoms with van der Waals surface area (Å²) in [5, 5.41) is 10.0. The molecule has 0 amide bonds. The molecule has 0 fully saturated rings. The lowest BCUT2D eigenvalue weighted by Crippen LogP contribution is -2.15. The Morgan fingerprint density at radius 1 is 0.565 bits per heavy atom. The predicted octanol–water partition coefficient (Wildman–Crippen LogP) is 16.5. The average molecular weight is 795 g/mol. The topological polar surface area (TPSA) is 8.17 Å². The molecule has 2 aliphatic rings. The summed E-state index contributed by atoms with van der Waals surface area (Å²) in [5.41, 5.74) is 11.8. The van der Waals surface area contributed by atoms with Crippen molar-refractivity contribution in [2.24, 2.45) is 5.92 Å². The number of fused-ring (bicyclic) bond motifs is 8. The smallest absolute Gasteiger partial charge is 0.0625 e. The van der Waals surface area contributed by atoms with Crippen molar-refractivity contribution in [3.05, 3.63) is 248 Å². The van der Waals surface area contributed by atoms with Crippen molar-refractivity contribution in [3.63, 3.8) is 0 Å². The number of anilines is 2. The summed E-state index contributed by atoms with van der Waals surface area (Å²) in [4.78, 5) is 2.47. The van der Waals surface area contributed by atoms with Crippen molar-refractivity contribution in [1.29, 1.82) is 0 Å². The second-order valence-electron chi connectivity index (χ2n) is 16.5. The van der Waals surface area contributed by atoms with Gasteiger partial charge < -0.3 is 9.47 Å². The Bertz CT molecular complexity index is 3400. The maximum Gasteiger partial charge on any atom is 0.0625 e. The third kappa shape index (κ3) is 6.80. The highest BCUT2D eigenvalue weighted by Gasteiger charge is 2.22. The Morgan fingerprint density at radius 3 is 2.19 bits per heavy atom. The van der Waals surface area contributed by atoms with Crippen LogP contribution in [0.4, 0.5) is 11.4 Å². The van der Waals surface area contributed by atoms with Gasteiger partial charge >= 0.3 is 0 Å². The van der Waals surface area contributed by atoms with Crippen LogP contribution in [0, 0.1) is 5.92 Å². The molecule has 1 heterocycles. The van der Waals surface area contributed by atoms with Crippen LogP contribution in [0.3, 0.4) is 0 Å². The van der Waals surface area contributed by atoms with Crippen molar-refractivity contribution < 1.29 is 0 Å². The Balaban J connectivity index is 1.09. The van der Waals surface area contributed by atoms with Gasteiger partial charge in [0.05, 0.1) is 11.0 Å². The van der Waals surface area contributed by atoms with Gasteiger partial charge in [0.15, 0.2) is 0 Å². The van der Waals surface area contributed by atoms with Gasteiger partial charge in [-0.25, -0.2) is 0 Å². The molecule has 0 saturated heterocycles. The van der Waals surface area contributed by atoms with E-state index in [0.717, 1.165) is 41.9 Å². The molecule has 62 heavy (non-hydrogen) atoms. The van der Waals surface area contributed by atoms with E-state index in [0.29, 0.717) is 5.92 Å². The number of hydrogen-bond donors (Lipinski definition) is 0. The van der Waals surface area contributed by atoms with Crippen molar-refractivity contribution in [1.82, 2.24) is 4.57 Å². The molecule has 0 spiro atoms. The van der Waals surface area contributed by atoms with E-state index in [2.05, 4.69) is 241 Å². The molecule has 0 aliphatic heterocycles. The van der Waals surface area contributed by atoms with Crippen LogP contribution in [0.1, 0.15) is 19.3 Å². The van der Waals surface area contributed by atoms with Gasteiger partial charge in [-0.05, 0) is 123 Å². The lowest BCUT2D eigenvalue weighted by Gasteiger charge is -2.27. The van der Waals surface area contributed by atoms with Crippen LogP contribution < -0.4 is 4.90 Å². The van der Waals surface area contributed by atoms with E-state index in [9.17, 15) is 0 Å². The normalized spacial score (nSPS) is 17.5. The molecule has 0 saturated carbocycles. The molecule has 0 N–H and O–H groups in total. The molecule has 0 bridgehead atoms. The molecule has 9 aromatic rings. The van der Waals surface area contributed by atoms with Crippen LogP contribution in [0.25, 0.3) is 70.9 Å². The van der Waals surface area contributed by atoms with Gasteiger partial charge in [0, 0.05) is 38.9 Å². The number of para-hydroxylation sites is 2. The number of benzene rings is 8. The summed E-state index contributed by atoms with van der Waals surface area (Å²) >= 11 is 0. The predicted molar refractivity (Wildman–Crippen MR) is 267 cm³/mol. The lowest BCUT2D eigenvalue weighted by molar-refractivity contribution is 0.675. The van der Waals surface area contributed by atoms with Gasteiger partial charge in [0.2, 0.25) is 0 Å². The minimum atomic E-state index is 0.318. The van der Waals surface area contributed by atoms with E-state index in [1.165, 1.54) is 76.5 Å². The molecule has 2 heteroatoms. The molecule has 1 unspecified atom stereocenters. The minimum absolute atomic E-state index is 0.318. The average Bonchev–Trinajstić information content (AvgIpc) is 3.49. The second-order valence-corrected chi connectivity index (χ2v) is 16.5. The van der Waals surface area contributed by atoms with Gasteiger partial charge in [-0.3, -0.25) is 0 Å². The number of aromatic nitrogens is 1. The van der Waals surface area contributed by atoms with Crippen LogP contribution in [-0.4, -0.2) is 4.57 Å². The molecule has 296 valence electrons. The highest BCUT2D eigenvalue weighted by molar-refractivity contribution is 6.24. The van der Waals surface area contributed by atoms with Gasteiger partial charge in [-0.1, -0.05) is 182 Å². The first-order chi connectivity index (χ1) is 30.7. The first kappa shape index (κ1) is 37.3. The number of rotatable bonds is 6. The standard InChI is InChI=1S/C60H46N2/c1-42-17-4-2-5-19-43(22-14-18-42)44-23-15-27-50(36-35-44)61(52-37-38-54-48(40-52)34-33-45-20-8-10-29-53(45)54)51-28-16-24-46(39-51)57-41-47-21-9-11-30-55(47)60-59(57)56-31-12-13-32-58(56)62(60)49-25-6-3-7-26-49/h2-14,16-18,20-22,24-41,44H,1,15,19,23H2/b5-2-,17-4-,18-14?,43-22+. The molecule has 2 aliphatic carbocycles. The molecular weight excluding hydrogens is 749 g/mol. The molecule has 8 aromatic carbocycles. The number of hydrogen-bond acceptors (Lipinski definition) is 1. The maximum atomic E-state index is 4.18. The third-order valence-electron chi connectivity index (χ3n) is 12.7. The first-order valence-corrected chi connectivity index (χ1v) is 21.8. The van der Waals surface area contributed by atoms with Crippen LogP contribution in [0.2, 0.25) is 0 Å². The summed E-state index contributed by atoms with van der Waals surface area (Å²) in [6, 6.07) is 60.3.